The van der Waals surface area contributed by atoms with Crippen LogP contribution in [0.5, 0.6) is 0 Å². The summed E-state index contributed by atoms with van der Waals surface area (Å²) in [6.07, 6.45) is 2.22. The van der Waals surface area contributed by atoms with E-state index in [1.54, 1.807) is 0 Å². The van der Waals surface area contributed by atoms with E-state index < -0.39 is 0 Å². The van der Waals surface area contributed by atoms with E-state index in [4.69, 9.17) is 5.73 Å². The van der Waals surface area contributed by atoms with Gasteiger partial charge in [-0.3, -0.25) is 4.79 Å². The topological polar surface area (TPSA) is 55.1 Å². The Morgan fingerprint density at radius 3 is 2.81 bits per heavy atom. The van der Waals surface area contributed by atoms with E-state index in [2.05, 4.69) is 35.6 Å². The highest BCUT2D eigenvalue weighted by Gasteiger charge is 2.22. The van der Waals surface area contributed by atoms with Gasteiger partial charge in [-0.25, -0.2) is 0 Å². The zero-order valence-electron chi connectivity index (χ0n) is 11.7. The molecule has 3 N–H and O–H groups in total. The molecule has 1 atom stereocenters. The summed E-state index contributed by atoms with van der Waals surface area (Å²) >= 11 is 1.48. The summed E-state index contributed by atoms with van der Waals surface area (Å²) in [4.78, 5) is 12.0. The molecule has 0 radical (unpaired) electrons. The van der Waals surface area contributed by atoms with Crippen LogP contribution in [0.2, 0.25) is 0 Å². The molecule has 0 bridgehead atoms. The van der Waals surface area contributed by atoms with Gasteiger partial charge in [0.2, 0.25) is 5.91 Å². The van der Waals surface area contributed by atoms with Gasteiger partial charge in [-0.15, -0.1) is 11.8 Å². The number of amides is 1. The summed E-state index contributed by atoms with van der Waals surface area (Å²) in [6, 6.07) is 17.0. The summed E-state index contributed by atoms with van der Waals surface area (Å²) < 4.78 is 0. The Bertz CT molecular complexity index is 657. The average molecular weight is 298 g/mol. The highest BCUT2D eigenvalue weighted by Crippen LogP contribution is 2.36. The molecule has 4 heteroatoms. The molecule has 0 aliphatic heterocycles. The molecule has 1 aliphatic carbocycles. The number of aryl methyl sites for hydroxylation is 1. The van der Waals surface area contributed by atoms with E-state index in [9.17, 15) is 4.79 Å². The number of thioether (sulfide) groups is 1. The molecule has 21 heavy (non-hydrogen) atoms. The lowest BCUT2D eigenvalue weighted by Crippen LogP contribution is -2.13. The van der Waals surface area contributed by atoms with Gasteiger partial charge in [0.25, 0.3) is 0 Å². The van der Waals surface area contributed by atoms with Gasteiger partial charge in [0, 0.05) is 10.6 Å². The summed E-state index contributed by atoms with van der Waals surface area (Å²) in [5, 5.41) is 3.62. The summed E-state index contributed by atoms with van der Waals surface area (Å²) in [7, 11) is 0. The van der Waals surface area contributed by atoms with E-state index in [1.807, 2.05) is 18.2 Å². The van der Waals surface area contributed by atoms with Crippen molar-refractivity contribution in [1.29, 1.82) is 0 Å². The van der Waals surface area contributed by atoms with Crippen LogP contribution in [-0.4, -0.2) is 11.7 Å². The van der Waals surface area contributed by atoms with Gasteiger partial charge in [0.05, 0.1) is 11.8 Å². The lowest BCUT2D eigenvalue weighted by Gasteiger charge is -2.18. The minimum Gasteiger partial charge on any atom is -0.377 e. The van der Waals surface area contributed by atoms with E-state index >= 15 is 0 Å². The third-order valence-corrected chi connectivity index (χ3v) is 4.82. The van der Waals surface area contributed by atoms with Crippen molar-refractivity contribution < 1.29 is 4.79 Å². The normalized spacial score (nSPS) is 16.5. The van der Waals surface area contributed by atoms with Crippen LogP contribution in [0.3, 0.4) is 0 Å². The number of para-hydroxylation sites is 1. The van der Waals surface area contributed by atoms with Crippen LogP contribution < -0.4 is 11.1 Å². The quantitative estimate of drug-likeness (QED) is 0.832. The van der Waals surface area contributed by atoms with Crippen LogP contribution in [0.15, 0.2) is 53.4 Å². The fourth-order valence-corrected chi connectivity index (χ4v) is 3.51. The van der Waals surface area contributed by atoms with Gasteiger partial charge in [-0.05, 0) is 36.1 Å². The van der Waals surface area contributed by atoms with Gasteiger partial charge in [0.1, 0.15) is 0 Å². The molecule has 0 heterocycles. The van der Waals surface area contributed by atoms with Crippen LogP contribution in [0, 0.1) is 0 Å². The maximum Gasteiger partial charge on any atom is 0.227 e. The molecule has 0 saturated carbocycles. The van der Waals surface area contributed by atoms with E-state index in [0.29, 0.717) is 11.8 Å². The Labute approximate surface area is 128 Å². The van der Waals surface area contributed by atoms with E-state index in [-0.39, 0.29) is 5.91 Å². The highest BCUT2D eigenvalue weighted by molar-refractivity contribution is 8.00. The number of rotatable bonds is 5. The predicted molar refractivity (Wildman–Crippen MR) is 87.5 cm³/mol. The molecule has 0 saturated heterocycles. The first kappa shape index (κ1) is 14.0. The third-order valence-electron chi connectivity index (χ3n) is 3.72. The molecule has 3 nitrogen and oxygen atoms in total. The Kier molecular flexibility index (Phi) is 4.15. The van der Waals surface area contributed by atoms with Crippen molar-refractivity contribution >= 4 is 23.4 Å². The van der Waals surface area contributed by atoms with Crippen molar-refractivity contribution in [3.63, 3.8) is 0 Å². The monoisotopic (exact) mass is 298 g/mol. The number of carbonyl (C=O) groups excluding carboxylic acids is 1. The zero-order valence-corrected chi connectivity index (χ0v) is 12.5. The number of primary amides is 1. The first-order chi connectivity index (χ1) is 10.2. The molecular weight excluding hydrogens is 280 g/mol. The second-order valence-corrected chi connectivity index (χ2v) is 6.20. The Balaban J connectivity index is 1.78. The minimum atomic E-state index is -0.291. The Morgan fingerprint density at radius 2 is 1.95 bits per heavy atom. The summed E-state index contributed by atoms with van der Waals surface area (Å²) in [5.41, 5.74) is 9.12. The SMILES string of the molecule is NC(=O)CSc1ccccc1NC1CCc2ccccc21. The van der Waals surface area contributed by atoms with Gasteiger partial charge in [-0.1, -0.05) is 36.4 Å². The van der Waals surface area contributed by atoms with Gasteiger partial charge < -0.3 is 11.1 Å². The standard InChI is InChI=1S/C17H18N2OS/c18-17(20)11-21-16-8-4-3-7-15(16)19-14-10-9-12-5-1-2-6-13(12)14/h1-8,14,19H,9-11H2,(H2,18,20). The number of fused-ring (bicyclic) bond motifs is 1. The van der Waals surface area contributed by atoms with Crippen molar-refractivity contribution in [2.75, 3.05) is 11.1 Å². The number of carbonyl (C=O) groups is 1. The number of hydrogen-bond acceptors (Lipinski definition) is 3. The van der Waals surface area contributed by atoms with Crippen molar-refractivity contribution in [2.45, 2.75) is 23.8 Å². The predicted octanol–water partition coefficient (Wildman–Crippen LogP) is 3.36. The molecule has 1 amide bonds. The van der Waals surface area contributed by atoms with Crippen molar-refractivity contribution in [3.8, 4) is 0 Å². The lowest BCUT2D eigenvalue weighted by molar-refractivity contribution is -0.115. The van der Waals surface area contributed by atoms with Gasteiger partial charge >= 0.3 is 0 Å². The average Bonchev–Trinajstić information content (AvgIpc) is 2.90. The largest absolute Gasteiger partial charge is 0.377 e. The molecule has 2 aromatic carbocycles. The summed E-state index contributed by atoms with van der Waals surface area (Å²) in [6.45, 7) is 0. The number of benzene rings is 2. The lowest BCUT2D eigenvalue weighted by atomic mass is 10.1. The second kappa shape index (κ2) is 6.22. The number of nitrogens with two attached hydrogens (primary N) is 1. The Morgan fingerprint density at radius 1 is 1.19 bits per heavy atom. The number of nitrogens with one attached hydrogen (secondary N) is 1. The van der Waals surface area contributed by atoms with Crippen LogP contribution in [0.1, 0.15) is 23.6 Å². The van der Waals surface area contributed by atoms with Crippen LogP contribution in [-0.2, 0) is 11.2 Å². The van der Waals surface area contributed by atoms with E-state index in [1.165, 1.54) is 22.9 Å². The zero-order chi connectivity index (χ0) is 14.7. The molecule has 2 aromatic rings. The van der Waals surface area contributed by atoms with Crippen molar-refractivity contribution in [1.82, 2.24) is 0 Å². The summed E-state index contributed by atoms with van der Waals surface area (Å²) in [5.74, 6) is 0.0148. The number of hydrogen-bond donors (Lipinski definition) is 2. The second-order valence-electron chi connectivity index (χ2n) is 5.19. The first-order valence-electron chi connectivity index (χ1n) is 7.08. The van der Waals surface area contributed by atoms with Crippen molar-refractivity contribution in [3.05, 3.63) is 59.7 Å². The van der Waals surface area contributed by atoms with Crippen LogP contribution in [0.4, 0.5) is 5.69 Å². The molecule has 108 valence electrons. The molecule has 1 unspecified atom stereocenters. The molecular formula is C17H18N2OS. The smallest absolute Gasteiger partial charge is 0.227 e. The molecule has 1 aliphatic rings. The molecule has 0 fully saturated rings. The third kappa shape index (κ3) is 3.22. The maximum absolute atomic E-state index is 11.0. The highest BCUT2D eigenvalue weighted by atomic mass is 32.2. The first-order valence-corrected chi connectivity index (χ1v) is 8.07. The van der Waals surface area contributed by atoms with Gasteiger partial charge in [-0.2, -0.15) is 0 Å². The Hall–Kier alpha value is -1.94. The number of anilines is 1. The van der Waals surface area contributed by atoms with Crippen LogP contribution >= 0.6 is 11.8 Å². The fraction of sp³-hybridized carbons (Fsp3) is 0.235. The molecule has 0 aromatic heterocycles. The fourth-order valence-electron chi connectivity index (χ4n) is 2.76. The van der Waals surface area contributed by atoms with Crippen LogP contribution in [0.25, 0.3) is 0 Å². The van der Waals surface area contributed by atoms with Gasteiger partial charge in [0.15, 0.2) is 0 Å². The maximum atomic E-state index is 11.0. The van der Waals surface area contributed by atoms with Crippen molar-refractivity contribution in [2.24, 2.45) is 5.73 Å². The minimum absolute atomic E-state index is 0.291. The van der Waals surface area contributed by atoms with E-state index in [0.717, 1.165) is 23.4 Å². The molecule has 0 spiro atoms. The molecule has 3 rings (SSSR count).